The summed E-state index contributed by atoms with van der Waals surface area (Å²) < 4.78 is 17.1. The van der Waals surface area contributed by atoms with Crippen molar-refractivity contribution in [2.45, 2.75) is 57.9 Å². The molecule has 0 spiro atoms. The molecule has 2 aromatic heterocycles. The maximum atomic E-state index is 13.2. The van der Waals surface area contributed by atoms with Crippen LogP contribution in [0.4, 0.5) is 4.39 Å². The molecule has 0 saturated carbocycles. The number of carbonyl (C=O) groups excluding carboxylic acids is 1. The zero-order valence-corrected chi connectivity index (χ0v) is 17.7. The molecular formula is C22H26FN7O. The van der Waals surface area contributed by atoms with Gasteiger partial charge in [0.2, 0.25) is 5.82 Å². The van der Waals surface area contributed by atoms with E-state index >= 15 is 0 Å². The van der Waals surface area contributed by atoms with E-state index < -0.39 is 0 Å². The average Bonchev–Trinajstić information content (AvgIpc) is 3.29. The first-order chi connectivity index (χ1) is 15.1. The molecule has 31 heavy (non-hydrogen) atoms. The number of amides is 1. The maximum Gasteiger partial charge on any atom is 0.293 e. The molecular weight excluding hydrogens is 397 g/mol. The van der Waals surface area contributed by atoms with Gasteiger partial charge in [-0.25, -0.2) is 14.1 Å². The van der Waals surface area contributed by atoms with Crippen LogP contribution < -0.4 is 0 Å². The third-order valence-electron chi connectivity index (χ3n) is 6.24. The van der Waals surface area contributed by atoms with E-state index in [1.165, 1.54) is 18.6 Å². The van der Waals surface area contributed by atoms with Crippen LogP contribution >= 0.6 is 0 Å². The van der Waals surface area contributed by atoms with Crippen molar-refractivity contribution in [3.8, 4) is 5.69 Å². The second kappa shape index (κ2) is 8.20. The highest BCUT2D eigenvalue weighted by atomic mass is 19.1. The second-order valence-corrected chi connectivity index (χ2v) is 8.40. The van der Waals surface area contributed by atoms with Crippen LogP contribution in [0, 0.1) is 12.7 Å². The molecule has 0 radical (unpaired) electrons. The summed E-state index contributed by atoms with van der Waals surface area (Å²) in [5.41, 5.74) is 0.674. The van der Waals surface area contributed by atoms with E-state index in [9.17, 15) is 9.18 Å². The quantitative estimate of drug-likeness (QED) is 0.647. The number of aromatic nitrogens is 6. The molecule has 0 unspecified atom stereocenters. The van der Waals surface area contributed by atoms with Crippen LogP contribution in [0.2, 0.25) is 0 Å². The summed E-state index contributed by atoms with van der Waals surface area (Å²) in [6.45, 7) is 4.03. The van der Waals surface area contributed by atoms with Crippen molar-refractivity contribution in [1.29, 1.82) is 0 Å². The molecule has 9 heteroatoms. The number of aryl methyl sites for hydroxylation is 2. The van der Waals surface area contributed by atoms with Crippen LogP contribution in [-0.4, -0.2) is 53.4 Å². The summed E-state index contributed by atoms with van der Waals surface area (Å²) in [5.74, 6) is 2.53. The Morgan fingerprint density at radius 1 is 1.06 bits per heavy atom. The van der Waals surface area contributed by atoms with Gasteiger partial charge in [0.1, 0.15) is 23.3 Å². The number of likely N-dealkylation sites (tertiary alicyclic amines) is 1. The summed E-state index contributed by atoms with van der Waals surface area (Å²) in [6, 6.07) is 5.99. The highest BCUT2D eigenvalue weighted by Crippen LogP contribution is 2.28. The summed E-state index contributed by atoms with van der Waals surface area (Å²) >= 11 is 0. The maximum absolute atomic E-state index is 13.2. The molecule has 1 amide bonds. The minimum Gasteiger partial charge on any atom is -0.335 e. The molecule has 162 valence electrons. The largest absolute Gasteiger partial charge is 0.335 e. The number of halogens is 1. The number of rotatable bonds is 3. The number of nitrogens with zero attached hydrogens (tertiary/aromatic N) is 7. The number of benzene rings is 1. The molecule has 1 saturated heterocycles. The Balaban J connectivity index is 1.35. The van der Waals surface area contributed by atoms with E-state index in [0.717, 1.165) is 50.3 Å². The molecule has 5 rings (SSSR count). The Morgan fingerprint density at radius 2 is 1.90 bits per heavy atom. The first-order valence-electron chi connectivity index (χ1n) is 11.0. The molecule has 0 aliphatic carbocycles. The summed E-state index contributed by atoms with van der Waals surface area (Å²) in [7, 11) is 0. The van der Waals surface area contributed by atoms with E-state index in [-0.39, 0.29) is 23.5 Å². The molecule has 1 aromatic carbocycles. The molecule has 4 heterocycles. The fourth-order valence-corrected chi connectivity index (χ4v) is 4.63. The second-order valence-electron chi connectivity index (χ2n) is 8.40. The van der Waals surface area contributed by atoms with E-state index in [0.29, 0.717) is 24.6 Å². The Morgan fingerprint density at radius 3 is 2.74 bits per heavy atom. The van der Waals surface area contributed by atoms with E-state index in [4.69, 9.17) is 0 Å². The van der Waals surface area contributed by atoms with Crippen molar-refractivity contribution >= 4 is 5.91 Å². The molecule has 0 bridgehead atoms. The molecule has 1 atom stereocenters. The molecule has 0 N–H and O–H groups in total. The summed E-state index contributed by atoms with van der Waals surface area (Å²) in [5, 5.41) is 13.3. The van der Waals surface area contributed by atoms with Gasteiger partial charge in [-0.3, -0.25) is 4.79 Å². The van der Waals surface area contributed by atoms with Crippen LogP contribution in [-0.2, 0) is 13.0 Å². The molecule has 8 nitrogen and oxygen atoms in total. The van der Waals surface area contributed by atoms with Crippen LogP contribution in [0.15, 0.2) is 24.3 Å². The third kappa shape index (κ3) is 3.84. The van der Waals surface area contributed by atoms with Crippen LogP contribution in [0.1, 0.15) is 66.1 Å². The highest BCUT2D eigenvalue weighted by molar-refractivity contribution is 5.90. The fraction of sp³-hybridized carbons (Fsp3) is 0.500. The first kappa shape index (κ1) is 19.8. The highest BCUT2D eigenvalue weighted by Gasteiger charge is 2.31. The monoisotopic (exact) mass is 423 g/mol. The number of carbonyl (C=O) groups is 1. The topological polar surface area (TPSA) is 81.7 Å². The van der Waals surface area contributed by atoms with Gasteiger partial charge in [-0.1, -0.05) is 6.42 Å². The minimum atomic E-state index is -0.316. The van der Waals surface area contributed by atoms with Gasteiger partial charge in [0.05, 0.1) is 5.69 Å². The zero-order valence-electron chi connectivity index (χ0n) is 17.7. The molecule has 1 fully saturated rings. The van der Waals surface area contributed by atoms with Gasteiger partial charge in [0, 0.05) is 32.0 Å². The summed E-state index contributed by atoms with van der Waals surface area (Å²) in [6.07, 6.45) is 6.42. The van der Waals surface area contributed by atoms with Gasteiger partial charge in [-0.2, -0.15) is 0 Å². The first-order valence-corrected chi connectivity index (χ1v) is 11.0. The van der Waals surface area contributed by atoms with Crippen molar-refractivity contribution in [3.05, 3.63) is 53.4 Å². The van der Waals surface area contributed by atoms with Gasteiger partial charge in [-0.15, -0.1) is 15.3 Å². The van der Waals surface area contributed by atoms with Crippen molar-refractivity contribution in [2.24, 2.45) is 0 Å². The van der Waals surface area contributed by atoms with Gasteiger partial charge in [-0.05, 0) is 56.9 Å². The fourth-order valence-electron chi connectivity index (χ4n) is 4.63. The van der Waals surface area contributed by atoms with Gasteiger partial charge in [0.25, 0.3) is 5.91 Å². The lowest BCUT2D eigenvalue weighted by atomic mass is 9.97. The van der Waals surface area contributed by atoms with Gasteiger partial charge < -0.3 is 9.47 Å². The van der Waals surface area contributed by atoms with E-state index in [2.05, 4.69) is 24.8 Å². The van der Waals surface area contributed by atoms with Crippen molar-refractivity contribution < 1.29 is 9.18 Å². The van der Waals surface area contributed by atoms with Crippen molar-refractivity contribution in [2.75, 3.05) is 13.1 Å². The van der Waals surface area contributed by atoms with Crippen molar-refractivity contribution in [3.63, 3.8) is 0 Å². The van der Waals surface area contributed by atoms with Crippen LogP contribution in [0.25, 0.3) is 5.69 Å². The van der Waals surface area contributed by atoms with E-state index in [1.807, 2.05) is 4.90 Å². The van der Waals surface area contributed by atoms with Gasteiger partial charge >= 0.3 is 0 Å². The number of hydrogen-bond donors (Lipinski definition) is 0. The predicted molar refractivity (Wildman–Crippen MR) is 112 cm³/mol. The standard InChI is InChI=1S/C22H26FN7O/c1-15-24-20(27-30(15)18-10-8-17(23)9-11-18)22(31)28-12-5-6-16(14-28)21-26-25-19-7-3-2-4-13-29(19)21/h8-11,16H,2-7,12-14H2,1H3/t16-/m0/s1. The normalized spacial score (nSPS) is 19.2. The smallest absolute Gasteiger partial charge is 0.293 e. The summed E-state index contributed by atoms with van der Waals surface area (Å²) in [4.78, 5) is 19.4. The lowest BCUT2D eigenvalue weighted by Crippen LogP contribution is -2.40. The Hall–Kier alpha value is -3.10. The number of hydrogen-bond acceptors (Lipinski definition) is 5. The van der Waals surface area contributed by atoms with Crippen molar-refractivity contribution in [1.82, 2.24) is 34.4 Å². The van der Waals surface area contributed by atoms with E-state index in [1.54, 1.807) is 23.7 Å². The SMILES string of the molecule is Cc1nc(C(=O)N2CCC[C@H](c3nnc4n3CCCCC4)C2)nn1-c1ccc(F)cc1. The Kier molecular flexibility index (Phi) is 5.25. The zero-order chi connectivity index (χ0) is 21.4. The Bertz CT molecular complexity index is 1090. The van der Waals surface area contributed by atoms with Crippen LogP contribution in [0.5, 0.6) is 0 Å². The average molecular weight is 423 g/mol. The van der Waals surface area contributed by atoms with Crippen LogP contribution in [0.3, 0.4) is 0 Å². The molecule has 2 aliphatic heterocycles. The minimum absolute atomic E-state index is 0.169. The molecule has 2 aliphatic rings. The third-order valence-corrected chi connectivity index (χ3v) is 6.24. The number of piperidine rings is 1. The molecule has 3 aromatic rings. The predicted octanol–water partition coefficient (Wildman–Crippen LogP) is 3.05. The lowest BCUT2D eigenvalue weighted by molar-refractivity contribution is 0.0690. The lowest BCUT2D eigenvalue weighted by Gasteiger charge is -2.31. The number of fused-ring (bicyclic) bond motifs is 1. The van der Waals surface area contributed by atoms with Gasteiger partial charge in [0.15, 0.2) is 0 Å². The Labute approximate surface area is 180 Å².